The summed E-state index contributed by atoms with van der Waals surface area (Å²) in [6.07, 6.45) is 11.5. The Bertz CT molecular complexity index is 617. The summed E-state index contributed by atoms with van der Waals surface area (Å²) >= 11 is 1.56. The van der Waals surface area contributed by atoms with E-state index in [0.717, 1.165) is 36.5 Å². The van der Waals surface area contributed by atoms with Gasteiger partial charge in [-0.05, 0) is 25.3 Å². The Kier molecular flexibility index (Phi) is 4.45. The van der Waals surface area contributed by atoms with Crippen molar-refractivity contribution < 1.29 is 4.79 Å². The van der Waals surface area contributed by atoms with Gasteiger partial charge in [-0.15, -0.1) is 11.3 Å². The van der Waals surface area contributed by atoms with Gasteiger partial charge in [-0.1, -0.05) is 12.2 Å². The molecule has 0 aliphatic heterocycles. The molecule has 1 amide bonds. The van der Waals surface area contributed by atoms with E-state index in [0.29, 0.717) is 6.54 Å². The average Bonchev–Trinajstić information content (AvgIpc) is 3.19. The fraction of sp³-hybridized carbons (Fsp3) is 0.400. The Morgan fingerprint density at radius 2 is 2.43 bits per heavy atom. The maximum atomic E-state index is 12.0. The van der Waals surface area contributed by atoms with Gasteiger partial charge in [0.1, 0.15) is 0 Å². The van der Waals surface area contributed by atoms with Gasteiger partial charge in [0.05, 0.1) is 5.69 Å². The molecule has 2 aromatic heterocycles. The molecule has 2 aromatic rings. The number of amides is 1. The van der Waals surface area contributed by atoms with Crippen molar-refractivity contribution >= 4 is 17.2 Å². The van der Waals surface area contributed by atoms with E-state index in [4.69, 9.17) is 0 Å². The van der Waals surface area contributed by atoms with Gasteiger partial charge >= 0.3 is 0 Å². The van der Waals surface area contributed by atoms with Crippen LogP contribution >= 0.6 is 11.3 Å². The Labute approximate surface area is 127 Å². The predicted molar refractivity (Wildman–Crippen MR) is 82.4 cm³/mol. The lowest BCUT2D eigenvalue weighted by Crippen LogP contribution is -2.32. The highest BCUT2D eigenvalue weighted by molar-refractivity contribution is 7.12. The number of thiazole rings is 1. The van der Waals surface area contributed by atoms with Gasteiger partial charge in [-0.3, -0.25) is 4.79 Å². The van der Waals surface area contributed by atoms with Crippen LogP contribution in [0.25, 0.3) is 5.13 Å². The lowest BCUT2D eigenvalue weighted by molar-refractivity contribution is -0.125. The van der Waals surface area contributed by atoms with Crippen molar-refractivity contribution in [3.8, 4) is 5.13 Å². The number of allylic oxidation sites excluding steroid dienone is 2. The second kappa shape index (κ2) is 6.67. The third-order valence-corrected chi connectivity index (χ3v) is 4.44. The van der Waals surface area contributed by atoms with Crippen molar-refractivity contribution in [3.05, 3.63) is 41.7 Å². The molecule has 2 heterocycles. The first-order valence-corrected chi connectivity index (χ1v) is 8.08. The third kappa shape index (κ3) is 3.58. The van der Waals surface area contributed by atoms with E-state index in [2.05, 4.69) is 27.6 Å². The summed E-state index contributed by atoms with van der Waals surface area (Å²) in [4.78, 5) is 16.5. The van der Waals surface area contributed by atoms with E-state index in [1.807, 2.05) is 17.6 Å². The number of nitrogens with one attached hydrogen (secondary N) is 1. The number of nitrogens with zero attached hydrogens (tertiary/aromatic N) is 3. The molecule has 1 aliphatic rings. The number of carbonyl (C=O) groups is 1. The first-order valence-electron chi connectivity index (χ1n) is 7.20. The van der Waals surface area contributed by atoms with Crippen molar-refractivity contribution in [1.29, 1.82) is 0 Å². The molecule has 6 heteroatoms. The number of hydrogen-bond acceptors (Lipinski definition) is 4. The molecule has 3 rings (SSSR count). The normalized spacial score (nSPS) is 17.8. The molecule has 1 unspecified atom stereocenters. The monoisotopic (exact) mass is 302 g/mol. The molecule has 1 aliphatic carbocycles. The van der Waals surface area contributed by atoms with Crippen molar-refractivity contribution in [2.45, 2.75) is 25.7 Å². The Hall–Kier alpha value is -1.95. The summed E-state index contributed by atoms with van der Waals surface area (Å²) in [5, 5.41) is 10.1. The minimum atomic E-state index is 0.144. The van der Waals surface area contributed by atoms with Gasteiger partial charge in [0.25, 0.3) is 0 Å². The second-order valence-corrected chi connectivity index (χ2v) is 5.93. The summed E-state index contributed by atoms with van der Waals surface area (Å²) in [5.74, 6) is 0.312. The molecule has 0 spiro atoms. The van der Waals surface area contributed by atoms with Gasteiger partial charge in [-0.25, -0.2) is 9.67 Å². The molecular formula is C15H18N4OS. The van der Waals surface area contributed by atoms with Crippen molar-refractivity contribution in [3.63, 3.8) is 0 Å². The summed E-state index contributed by atoms with van der Waals surface area (Å²) in [6.45, 7) is 0.640. The molecule has 5 nitrogen and oxygen atoms in total. The van der Waals surface area contributed by atoms with Crippen LogP contribution in [0.15, 0.2) is 36.0 Å². The molecule has 21 heavy (non-hydrogen) atoms. The van der Waals surface area contributed by atoms with E-state index < -0.39 is 0 Å². The number of rotatable bonds is 5. The Morgan fingerprint density at radius 1 is 1.48 bits per heavy atom. The minimum absolute atomic E-state index is 0.144. The predicted octanol–water partition coefficient (Wildman–Crippen LogP) is 2.34. The number of hydrogen-bond donors (Lipinski definition) is 1. The maximum absolute atomic E-state index is 12.0. The SMILES string of the molecule is O=C(NCCc1csc(-n2cccn2)n1)C1CC=CCC1. The molecule has 0 fully saturated rings. The minimum Gasteiger partial charge on any atom is -0.355 e. The average molecular weight is 302 g/mol. The molecule has 0 saturated carbocycles. The Morgan fingerprint density at radius 3 is 3.19 bits per heavy atom. The van der Waals surface area contributed by atoms with Crippen molar-refractivity contribution in [2.24, 2.45) is 5.92 Å². The molecule has 0 radical (unpaired) electrons. The highest BCUT2D eigenvalue weighted by Crippen LogP contribution is 2.18. The zero-order valence-electron chi connectivity index (χ0n) is 11.7. The first-order chi connectivity index (χ1) is 10.3. The molecule has 110 valence electrons. The van der Waals surface area contributed by atoms with E-state index in [9.17, 15) is 4.79 Å². The number of aromatic nitrogens is 3. The van der Waals surface area contributed by atoms with Gasteiger partial charge in [0.2, 0.25) is 11.0 Å². The highest BCUT2D eigenvalue weighted by Gasteiger charge is 2.18. The van der Waals surface area contributed by atoms with E-state index in [1.54, 1.807) is 22.2 Å². The van der Waals surface area contributed by atoms with Crippen LogP contribution in [0.4, 0.5) is 0 Å². The molecule has 0 aromatic carbocycles. The zero-order valence-corrected chi connectivity index (χ0v) is 12.6. The summed E-state index contributed by atoms with van der Waals surface area (Å²) in [6, 6.07) is 1.87. The van der Waals surface area contributed by atoms with Crippen LogP contribution in [-0.4, -0.2) is 27.2 Å². The smallest absolute Gasteiger partial charge is 0.223 e. The standard InChI is InChI=1S/C15H18N4OS/c20-14(12-5-2-1-3-6-12)16-9-7-13-11-21-15(18-13)19-10-4-8-17-19/h1-2,4,8,10-12H,3,5-7,9H2,(H,16,20). The largest absolute Gasteiger partial charge is 0.355 e. The van der Waals surface area contributed by atoms with Crippen LogP contribution in [0.1, 0.15) is 25.0 Å². The van der Waals surface area contributed by atoms with Gasteiger partial charge < -0.3 is 5.32 Å². The van der Waals surface area contributed by atoms with Crippen LogP contribution < -0.4 is 5.32 Å². The van der Waals surface area contributed by atoms with Crippen LogP contribution in [0, 0.1) is 5.92 Å². The zero-order chi connectivity index (χ0) is 14.5. The topological polar surface area (TPSA) is 59.8 Å². The van der Waals surface area contributed by atoms with E-state index in [1.165, 1.54) is 0 Å². The summed E-state index contributed by atoms with van der Waals surface area (Å²) < 4.78 is 1.75. The van der Waals surface area contributed by atoms with Crippen molar-refractivity contribution in [1.82, 2.24) is 20.1 Å². The molecule has 1 atom stereocenters. The Balaban J connectivity index is 1.47. The summed E-state index contributed by atoms with van der Waals surface area (Å²) in [7, 11) is 0. The molecular weight excluding hydrogens is 284 g/mol. The van der Waals surface area contributed by atoms with Crippen molar-refractivity contribution in [2.75, 3.05) is 6.54 Å². The quantitative estimate of drug-likeness (QED) is 0.862. The number of carbonyl (C=O) groups excluding carboxylic acids is 1. The van der Waals surface area contributed by atoms with E-state index >= 15 is 0 Å². The molecule has 1 N–H and O–H groups in total. The van der Waals surface area contributed by atoms with Crippen LogP contribution in [0.2, 0.25) is 0 Å². The highest BCUT2D eigenvalue weighted by atomic mass is 32.1. The second-order valence-electron chi connectivity index (χ2n) is 5.09. The van der Waals surface area contributed by atoms with E-state index in [-0.39, 0.29) is 11.8 Å². The fourth-order valence-electron chi connectivity index (χ4n) is 2.39. The maximum Gasteiger partial charge on any atom is 0.223 e. The lowest BCUT2D eigenvalue weighted by atomic mass is 9.94. The summed E-state index contributed by atoms with van der Waals surface area (Å²) in [5.41, 5.74) is 0.995. The third-order valence-electron chi connectivity index (χ3n) is 3.56. The fourth-order valence-corrected chi connectivity index (χ4v) is 3.19. The van der Waals surface area contributed by atoms with Gasteiger partial charge in [0.15, 0.2) is 0 Å². The first kappa shape index (κ1) is 14.0. The molecule has 0 saturated heterocycles. The van der Waals surface area contributed by atoms with Crippen LogP contribution in [-0.2, 0) is 11.2 Å². The van der Waals surface area contributed by atoms with Crippen LogP contribution in [0.3, 0.4) is 0 Å². The van der Waals surface area contributed by atoms with Gasteiger partial charge in [-0.2, -0.15) is 5.10 Å². The van der Waals surface area contributed by atoms with Crippen LogP contribution in [0.5, 0.6) is 0 Å². The van der Waals surface area contributed by atoms with Gasteiger partial charge in [0, 0.05) is 36.7 Å². The molecule has 0 bridgehead atoms. The lowest BCUT2D eigenvalue weighted by Gasteiger charge is -2.16.